The van der Waals surface area contributed by atoms with E-state index in [1.165, 1.54) is 7.11 Å². The molecule has 0 N–H and O–H groups in total. The maximum absolute atomic E-state index is 12.5. The predicted octanol–water partition coefficient (Wildman–Crippen LogP) is 2.61. The van der Waals surface area contributed by atoms with E-state index in [1.807, 2.05) is 39.8 Å². The SMILES string of the molecule is COC(=O)CCCCO[C@@H]1C[C@@H](C(=S)N(C)C)N(C(=O)OC(C)(C)C)C1. The van der Waals surface area contributed by atoms with Gasteiger partial charge in [0.15, 0.2) is 0 Å². The van der Waals surface area contributed by atoms with Gasteiger partial charge in [0.25, 0.3) is 0 Å². The minimum Gasteiger partial charge on any atom is -0.469 e. The third-order valence-electron chi connectivity index (χ3n) is 3.97. The normalized spacial score (nSPS) is 20.0. The quantitative estimate of drug-likeness (QED) is 0.377. The number of hydrogen-bond acceptors (Lipinski definition) is 6. The van der Waals surface area contributed by atoms with Crippen molar-refractivity contribution < 1.29 is 23.8 Å². The molecule has 1 amide bonds. The van der Waals surface area contributed by atoms with Crippen LogP contribution >= 0.6 is 12.2 Å². The van der Waals surface area contributed by atoms with Crippen LogP contribution in [0.5, 0.6) is 0 Å². The summed E-state index contributed by atoms with van der Waals surface area (Å²) in [6, 6.07) is -0.213. The molecule has 7 nitrogen and oxygen atoms in total. The Kier molecular flexibility index (Phi) is 8.76. The van der Waals surface area contributed by atoms with Crippen molar-refractivity contribution in [1.82, 2.24) is 9.80 Å². The number of amides is 1. The molecule has 2 atom stereocenters. The van der Waals surface area contributed by atoms with Gasteiger partial charge in [0.1, 0.15) is 10.6 Å². The van der Waals surface area contributed by atoms with Gasteiger partial charge in [-0.3, -0.25) is 9.69 Å². The standard InChI is InChI=1S/C18H32N2O5S/c1-18(2,3)25-17(22)20-12-13(11-14(20)16(26)19(4)5)24-10-8-7-9-15(21)23-6/h13-14H,7-12H2,1-6H3/t13-,14+/m1/s1. The molecular formula is C18H32N2O5S. The minimum atomic E-state index is -0.561. The molecule has 1 rings (SSSR count). The zero-order chi connectivity index (χ0) is 19.9. The second-order valence-corrected chi connectivity index (χ2v) is 8.06. The number of unbranched alkanes of at least 4 members (excludes halogenated alkanes) is 1. The first-order valence-corrected chi connectivity index (χ1v) is 9.35. The lowest BCUT2D eigenvalue weighted by Crippen LogP contribution is -2.46. The van der Waals surface area contributed by atoms with E-state index in [-0.39, 0.29) is 24.2 Å². The van der Waals surface area contributed by atoms with Gasteiger partial charge < -0.3 is 19.1 Å². The highest BCUT2D eigenvalue weighted by Gasteiger charge is 2.40. The zero-order valence-electron chi connectivity index (χ0n) is 16.7. The Hall–Kier alpha value is -1.41. The first-order valence-electron chi connectivity index (χ1n) is 8.94. The summed E-state index contributed by atoms with van der Waals surface area (Å²) >= 11 is 5.49. The summed E-state index contributed by atoms with van der Waals surface area (Å²) < 4.78 is 16.0. The topological polar surface area (TPSA) is 68.3 Å². The van der Waals surface area contributed by atoms with Gasteiger partial charge in [0, 0.05) is 33.5 Å². The van der Waals surface area contributed by atoms with Crippen molar-refractivity contribution in [2.45, 2.75) is 64.2 Å². The average Bonchev–Trinajstić information content (AvgIpc) is 2.96. The van der Waals surface area contributed by atoms with E-state index in [0.717, 1.165) is 6.42 Å². The number of esters is 1. The van der Waals surface area contributed by atoms with Crippen LogP contribution in [-0.4, -0.2) is 79.0 Å². The Morgan fingerprint density at radius 3 is 2.42 bits per heavy atom. The first kappa shape index (κ1) is 22.6. The van der Waals surface area contributed by atoms with Crippen LogP contribution in [0.4, 0.5) is 4.79 Å². The van der Waals surface area contributed by atoms with Crippen LogP contribution in [0.2, 0.25) is 0 Å². The molecule has 0 aromatic rings. The maximum Gasteiger partial charge on any atom is 0.410 e. The maximum atomic E-state index is 12.5. The largest absolute Gasteiger partial charge is 0.469 e. The number of likely N-dealkylation sites (N-methyl/N-ethyl adjacent to an activating group) is 1. The number of rotatable bonds is 7. The number of methoxy groups -OCH3 is 1. The summed E-state index contributed by atoms with van der Waals surface area (Å²) in [5, 5.41) is 0. The second kappa shape index (κ2) is 10.1. The molecule has 1 fully saturated rings. The molecule has 0 radical (unpaired) electrons. The van der Waals surface area contributed by atoms with Crippen LogP contribution in [0.1, 0.15) is 46.5 Å². The third-order valence-corrected chi connectivity index (χ3v) is 4.61. The Morgan fingerprint density at radius 2 is 1.88 bits per heavy atom. The van der Waals surface area contributed by atoms with Crippen LogP contribution in [0.15, 0.2) is 0 Å². The van der Waals surface area contributed by atoms with E-state index >= 15 is 0 Å². The molecule has 0 aromatic heterocycles. The van der Waals surface area contributed by atoms with Gasteiger partial charge in [-0.25, -0.2) is 4.79 Å². The second-order valence-electron chi connectivity index (χ2n) is 7.64. The Balaban J connectivity index is 2.59. The fourth-order valence-electron chi connectivity index (χ4n) is 2.70. The Bertz CT molecular complexity index is 504. The summed E-state index contributed by atoms with van der Waals surface area (Å²) in [5.74, 6) is -0.210. The lowest BCUT2D eigenvalue weighted by Gasteiger charge is -2.30. The van der Waals surface area contributed by atoms with Crippen LogP contribution in [0, 0.1) is 0 Å². The molecule has 26 heavy (non-hydrogen) atoms. The zero-order valence-corrected chi connectivity index (χ0v) is 17.6. The van der Waals surface area contributed by atoms with Crippen molar-refractivity contribution in [1.29, 1.82) is 0 Å². The van der Waals surface area contributed by atoms with Crippen molar-refractivity contribution in [2.75, 3.05) is 34.4 Å². The van der Waals surface area contributed by atoms with E-state index < -0.39 is 5.60 Å². The van der Waals surface area contributed by atoms with E-state index in [0.29, 0.717) is 37.4 Å². The molecule has 0 bridgehead atoms. The number of carbonyl (C=O) groups is 2. The number of likely N-dealkylation sites (tertiary alicyclic amines) is 1. The van der Waals surface area contributed by atoms with Gasteiger partial charge in [0.05, 0.1) is 25.8 Å². The number of ether oxygens (including phenoxy) is 3. The smallest absolute Gasteiger partial charge is 0.410 e. The van der Waals surface area contributed by atoms with Gasteiger partial charge in [-0.05, 0) is 33.6 Å². The molecule has 1 saturated heterocycles. The molecule has 1 heterocycles. The highest BCUT2D eigenvalue weighted by Crippen LogP contribution is 2.25. The summed E-state index contributed by atoms with van der Waals surface area (Å²) in [7, 11) is 5.13. The summed E-state index contributed by atoms with van der Waals surface area (Å²) in [5.41, 5.74) is -0.561. The molecule has 8 heteroatoms. The van der Waals surface area contributed by atoms with Crippen LogP contribution in [-0.2, 0) is 19.0 Å². The van der Waals surface area contributed by atoms with E-state index in [4.69, 9.17) is 21.7 Å². The number of nitrogens with zero attached hydrogens (tertiary/aromatic N) is 2. The molecule has 1 aliphatic rings. The predicted molar refractivity (Wildman–Crippen MR) is 103 cm³/mol. The highest BCUT2D eigenvalue weighted by molar-refractivity contribution is 7.80. The Morgan fingerprint density at radius 1 is 1.23 bits per heavy atom. The van der Waals surface area contributed by atoms with Gasteiger partial charge in [-0.2, -0.15) is 0 Å². The fourth-order valence-corrected chi connectivity index (χ4v) is 2.92. The lowest BCUT2D eigenvalue weighted by atomic mass is 10.2. The molecule has 150 valence electrons. The number of thiocarbonyl (C=S) groups is 1. The van der Waals surface area contributed by atoms with Crippen molar-refractivity contribution >= 4 is 29.3 Å². The van der Waals surface area contributed by atoms with Crippen molar-refractivity contribution in [3.63, 3.8) is 0 Å². The van der Waals surface area contributed by atoms with Gasteiger partial charge in [0.2, 0.25) is 0 Å². The fraction of sp³-hybridized carbons (Fsp3) is 0.833. The van der Waals surface area contributed by atoms with E-state index in [2.05, 4.69) is 4.74 Å². The molecule has 0 aliphatic carbocycles. The van der Waals surface area contributed by atoms with Gasteiger partial charge in [-0.1, -0.05) is 12.2 Å². The van der Waals surface area contributed by atoms with Crippen molar-refractivity contribution in [3.05, 3.63) is 0 Å². The minimum absolute atomic E-state index is 0.0939. The highest BCUT2D eigenvalue weighted by atomic mass is 32.1. The third kappa shape index (κ3) is 7.45. The number of carbonyl (C=O) groups excluding carboxylic acids is 2. The first-order chi connectivity index (χ1) is 12.0. The van der Waals surface area contributed by atoms with Crippen LogP contribution in [0.25, 0.3) is 0 Å². The van der Waals surface area contributed by atoms with Crippen LogP contribution in [0.3, 0.4) is 0 Å². The lowest BCUT2D eigenvalue weighted by molar-refractivity contribution is -0.140. The summed E-state index contributed by atoms with van der Waals surface area (Å²) in [4.78, 5) is 27.8. The van der Waals surface area contributed by atoms with Crippen LogP contribution < -0.4 is 0 Å². The van der Waals surface area contributed by atoms with Crippen molar-refractivity contribution in [3.8, 4) is 0 Å². The average molecular weight is 389 g/mol. The van der Waals surface area contributed by atoms with Gasteiger partial charge in [-0.15, -0.1) is 0 Å². The van der Waals surface area contributed by atoms with E-state index in [1.54, 1.807) is 4.90 Å². The molecule has 0 aromatic carbocycles. The Labute approximate surface area is 161 Å². The molecule has 1 aliphatic heterocycles. The molecule has 0 spiro atoms. The van der Waals surface area contributed by atoms with E-state index in [9.17, 15) is 9.59 Å². The molecule has 0 unspecified atom stereocenters. The molecular weight excluding hydrogens is 356 g/mol. The monoisotopic (exact) mass is 388 g/mol. The van der Waals surface area contributed by atoms with Crippen molar-refractivity contribution in [2.24, 2.45) is 0 Å². The molecule has 0 saturated carbocycles. The summed E-state index contributed by atoms with van der Waals surface area (Å²) in [6.07, 6.45) is 2.05. The number of hydrogen-bond donors (Lipinski definition) is 0. The summed E-state index contributed by atoms with van der Waals surface area (Å²) in [6.45, 7) is 6.51. The van der Waals surface area contributed by atoms with Gasteiger partial charge >= 0.3 is 12.1 Å².